The maximum absolute atomic E-state index is 14.0. The smallest absolute Gasteiger partial charge is 0.418 e. The van der Waals surface area contributed by atoms with E-state index in [9.17, 15) is 18.0 Å². The molecule has 2 aliphatic rings. The van der Waals surface area contributed by atoms with Crippen LogP contribution < -0.4 is 14.8 Å². The van der Waals surface area contributed by atoms with E-state index in [1.165, 1.54) is 6.07 Å². The Bertz CT molecular complexity index is 1660. The predicted octanol–water partition coefficient (Wildman–Crippen LogP) is 5.59. The second kappa shape index (κ2) is 12.4. The molecule has 6 rings (SSSR count). The van der Waals surface area contributed by atoms with Crippen molar-refractivity contribution in [3.8, 4) is 17.2 Å². The van der Waals surface area contributed by atoms with Gasteiger partial charge in [-0.15, -0.1) is 0 Å². The largest absolute Gasteiger partial charge is 0.493 e. The van der Waals surface area contributed by atoms with Crippen LogP contribution in [0.25, 0.3) is 11.0 Å². The summed E-state index contributed by atoms with van der Waals surface area (Å²) in [4.78, 5) is 27.8. The lowest BCUT2D eigenvalue weighted by atomic mass is 10.1. The number of aryl methyl sites for hydroxylation is 1. The summed E-state index contributed by atoms with van der Waals surface area (Å²) >= 11 is 0. The number of nitrogens with zero attached hydrogens (tertiary/aromatic N) is 4. The number of hydrogen-bond donors (Lipinski definition) is 2. The van der Waals surface area contributed by atoms with Gasteiger partial charge in [-0.2, -0.15) is 13.2 Å². The topological polar surface area (TPSA) is 95.6 Å². The number of likely N-dealkylation sites (N-methyl/N-ethyl adjacent to an activating group) is 1. The normalized spacial score (nSPS) is 16.2. The van der Waals surface area contributed by atoms with Gasteiger partial charge in [0.25, 0.3) is 0 Å². The molecule has 44 heavy (non-hydrogen) atoms. The Kier molecular flexibility index (Phi) is 8.46. The Balaban J connectivity index is 1.13. The molecule has 232 valence electrons. The van der Waals surface area contributed by atoms with E-state index in [-0.39, 0.29) is 18.0 Å². The fraction of sp³-hybridized carbons (Fsp3) is 0.406. The fourth-order valence-corrected chi connectivity index (χ4v) is 5.69. The number of H-pyrrole nitrogens is 1. The summed E-state index contributed by atoms with van der Waals surface area (Å²) in [5.74, 6) is 2.84. The Hall–Kier alpha value is -4.16. The average Bonchev–Trinajstić information content (AvgIpc) is 3.40. The maximum atomic E-state index is 14.0. The van der Waals surface area contributed by atoms with Crippen LogP contribution in [-0.2, 0) is 36.8 Å². The van der Waals surface area contributed by atoms with Crippen molar-refractivity contribution in [1.29, 1.82) is 0 Å². The molecule has 0 unspecified atom stereocenters. The van der Waals surface area contributed by atoms with Gasteiger partial charge in [-0.05, 0) is 67.4 Å². The number of anilines is 1. The van der Waals surface area contributed by atoms with Crippen LogP contribution in [0.15, 0.2) is 42.6 Å². The molecule has 12 heteroatoms. The first-order chi connectivity index (χ1) is 21.2. The maximum Gasteiger partial charge on any atom is 0.418 e. The number of halogens is 3. The minimum absolute atomic E-state index is 0.0636. The number of carbonyl (C=O) groups excluding carboxylic acids is 1. The molecule has 1 fully saturated rings. The van der Waals surface area contributed by atoms with Crippen molar-refractivity contribution in [3.63, 3.8) is 0 Å². The van der Waals surface area contributed by atoms with E-state index in [1.54, 1.807) is 24.4 Å². The Morgan fingerprint density at radius 3 is 2.61 bits per heavy atom. The molecule has 9 nitrogen and oxygen atoms in total. The van der Waals surface area contributed by atoms with Crippen LogP contribution in [0.2, 0.25) is 0 Å². The minimum atomic E-state index is -4.51. The quantitative estimate of drug-likeness (QED) is 0.256. The molecule has 0 atom stereocenters. The van der Waals surface area contributed by atoms with Crippen molar-refractivity contribution in [1.82, 2.24) is 24.8 Å². The number of ether oxygens (including phenoxy) is 2. The van der Waals surface area contributed by atoms with Crippen LogP contribution in [-0.4, -0.2) is 70.5 Å². The molecule has 4 aromatic rings. The number of benzene rings is 2. The van der Waals surface area contributed by atoms with Crippen molar-refractivity contribution in [2.24, 2.45) is 0 Å². The van der Waals surface area contributed by atoms with Crippen LogP contribution >= 0.6 is 0 Å². The molecule has 2 aromatic carbocycles. The van der Waals surface area contributed by atoms with Crippen molar-refractivity contribution in [3.05, 3.63) is 70.7 Å². The Morgan fingerprint density at radius 2 is 1.84 bits per heavy atom. The molecule has 1 saturated heterocycles. The highest BCUT2D eigenvalue weighted by molar-refractivity contribution is 5.93. The van der Waals surface area contributed by atoms with Gasteiger partial charge < -0.3 is 24.7 Å². The van der Waals surface area contributed by atoms with Gasteiger partial charge in [-0.3, -0.25) is 9.69 Å². The van der Waals surface area contributed by atoms with Crippen molar-refractivity contribution < 1.29 is 27.4 Å². The van der Waals surface area contributed by atoms with Gasteiger partial charge >= 0.3 is 6.18 Å². The number of pyridine rings is 1. The number of aromatic amines is 1. The number of rotatable bonds is 9. The summed E-state index contributed by atoms with van der Waals surface area (Å²) in [6.45, 7) is 6.13. The van der Waals surface area contributed by atoms with Gasteiger partial charge in [0.15, 0.2) is 0 Å². The monoisotopic (exact) mass is 608 g/mol. The number of carbonyl (C=O) groups is 1. The van der Waals surface area contributed by atoms with Gasteiger partial charge in [0.1, 0.15) is 34.4 Å². The SMILES string of the molecule is CCc1cc(Oc2ccnc3c2CCC(=O)N3)ccc1OCCc1nc2c(C(F)(F)F)cc(CN3CCN(C)CC3)cc2[nH]1. The number of fused-ring (bicyclic) bond motifs is 2. The van der Waals surface area contributed by atoms with Crippen molar-refractivity contribution >= 4 is 22.8 Å². The summed E-state index contributed by atoms with van der Waals surface area (Å²) < 4.78 is 54.3. The average molecular weight is 609 g/mol. The van der Waals surface area contributed by atoms with Gasteiger partial charge in [-0.25, -0.2) is 9.97 Å². The molecule has 0 spiro atoms. The van der Waals surface area contributed by atoms with Crippen LogP contribution in [0.3, 0.4) is 0 Å². The van der Waals surface area contributed by atoms with E-state index in [0.29, 0.717) is 72.2 Å². The highest BCUT2D eigenvalue weighted by Gasteiger charge is 2.34. The molecule has 0 saturated carbocycles. The van der Waals surface area contributed by atoms with E-state index in [0.717, 1.165) is 37.3 Å². The summed E-state index contributed by atoms with van der Waals surface area (Å²) in [6, 6.07) is 10.3. The van der Waals surface area contributed by atoms with E-state index >= 15 is 0 Å². The number of nitrogens with one attached hydrogen (secondary N) is 2. The van der Waals surface area contributed by atoms with Crippen LogP contribution in [0.4, 0.5) is 19.0 Å². The second-order valence-electron chi connectivity index (χ2n) is 11.3. The highest BCUT2D eigenvalue weighted by atomic mass is 19.4. The van der Waals surface area contributed by atoms with E-state index in [4.69, 9.17) is 9.47 Å². The fourth-order valence-electron chi connectivity index (χ4n) is 5.69. The summed E-state index contributed by atoms with van der Waals surface area (Å²) in [5, 5.41) is 2.78. The zero-order chi connectivity index (χ0) is 30.8. The lowest BCUT2D eigenvalue weighted by Gasteiger charge is -2.32. The molecular formula is C32H35F3N6O3. The summed E-state index contributed by atoms with van der Waals surface area (Å²) in [5.41, 5.74) is 2.00. The van der Waals surface area contributed by atoms with E-state index in [1.807, 2.05) is 26.1 Å². The molecular weight excluding hydrogens is 573 g/mol. The number of alkyl halides is 3. The van der Waals surface area contributed by atoms with Crippen LogP contribution in [0.1, 0.15) is 41.4 Å². The zero-order valence-electron chi connectivity index (χ0n) is 24.8. The first kappa shape index (κ1) is 29.9. The molecule has 0 radical (unpaired) electrons. The lowest BCUT2D eigenvalue weighted by molar-refractivity contribution is -0.136. The number of imidazole rings is 1. The number of piperazine rings is 1. The predicted molar refractivity (Wildman–Crippen MR) is 160 cm³/mol. The first-order valence-corrected chi connectivity index (χ1v) is 14.9. The van der Waals surface area contributed by atoms with Crippen molar-refractivity contribution in [2.45, 2.75) is 45.3 Å². The first-order valence-electron chi connectivity index (χ1n) is 14.9. The zero-order valence-corrected chi connectivity index (χ0v) is 24.8. The third-order valence-corrected chi connectivity index (χ3v) is 8.11. The molecule has 1 amide bonds. The van der Waals surface area contributed by atoms with Crippen LogP contribution in [0.5, 0.6) is 17.2 Å². The third-order valence-electron chi connectivity index (χ3n) is 8.11. The lowest BCUT2D eigenvalue weighted by Crippen LogP contribution is -2.43. The molecule has 4 heterocycles. The molecule has 2 aliphatic heterocycles. The highest BCUT2D eigenvalue weighted by Crippen LogP contribution is 2.36. The van der Waals surface area contributed by atoms with E-state index in [2.05, 4.69) is 30.1 Å². The Labute approximate surface area is 253 Å². The van der Waals surface area contributed by atoms with Gasteiger partial charge in [-0.1, -0.05) is 6.92 Å². The summed E-state index contributed by atoms with van der Waals surface area (Å²) in [7, 11) is 2.05. The molecule has 0 bridgehead atoms. The van der Waals surface area contributed by atoms with E-state index < -0.39 is 11.7 Å². The number of amides is 1. The molecule has 2 N–H and O–H groups in total. The number of hydrogen-bond acceptors (Lipinski definition) is 7. The van der Waals surface area contributed by atoms with Gasteiger partial charge in [0, 0.05) is 57.3 Å². The molecule has 0 aliphatic carbocycles. The standard InChI is InChI=1S/C32H35F3N6O3/c1-3-21-18-22(44-27-8-10-36-31-23(27)5-7-29(42)39-31)4-6-26(21)43-15-9-28-37-25-17-20(19-41-13-11-40(2)12-14-41)16-24(30(25)38-28)32(33,34)35/h4,6,8,10,16-18H,3,5,7,9,11-15,19H2,1-2H3,(H,37,38)(H,36,39,42). The van der Waals surface area contributed by atoms with Gasteiger partial charge in [0.2, 0.25) is 5.91 Å². The third kappa shape index (κ3) is 6.66. The Morgan fingerprint density at radius 1 is 1.02 bits per heavy atom. The number of aromatic nitrogens is 3. The molecule has 2 aromatic heterocycles. The second-order valence-corrected chi connectivity index (χ2v) is 11.3. The van der Waals surface area contributed by atoms with Crippen LogP contribution in [0, 0.1) is 0 Å². The minimum Gasteiger partial charge on any atom is -0.493 e. The van der Waals surface area contributed by atoms with Gasteiger partial charge in [0.05, 0.1) is 17.7 Å². The van der Waals surface area contributed by atoms with Crippen molar-refractivity contribution in [2.75, 3.05) is 45.2 Å². The summed E-state index contributed by atoms with van der Waals surface area (Å²) in [6.07, 6.45) is -0.980.